The zero-order valence-electron chi connectivity index (χ0n) is 10.2. The smallest absolute Gasteiger partial charge is 0.257 e. The number of carbonyl (C=O) groups excluding carboxylic acids is 1. The van der Waals surface area contributed by atoms with Crippen molar-refractivity contribution < 1.29 is 9.18 Å². The first-order valence-electron chi connectivity index (χ1n) is 5.44. The molecule has 0 heterocycles. The van der Waals surface area contributed by atoms with E-state index in [-0.39, 0.29) is 11.5 Å². The molecule has 92 valence electrons. The van der Waals surface area contributed by atoms with Gasteiger partial charge in [0.1, 0.15) is 5.82 Å². The molecule has 0 saturated carbocycles. The van der Waals surface area contributed by atoms with Gasteiger partial charge >= 0.3 is 0 Å². The monoisotopic (exact) mass is 236 g/mol. The van der Waals surface area contributed by atoms with Crippen LogP contribution in [0.5, 0.6) is 0 Å². The zero-order chi connectivity index (χ0) is 13.0. The Bertz CT molecular complexity index is 443. The van der Waals surface area contributed by atoms with E-state index in [1.54, 1.807) is 0 Å². The Morgan fingerprint density at radius 2 is 2.18 bits per heavy atom. The Morgan fingerprint density at radius 1 is 1.53 bits per heavy atom. The van der Waals surface area contributed by atoms with Gasteiger partial charge in [0, 0.05) is 18.8 Å². The minimum atomic E-state index is -0.588. The standard InChI is InChI=1S/C13H17FN2O/c1-4-16(8-9(2)3)13(17)11-6-5-10(15)7-12(11)14/h5-7H,2,4,8,15H2,1,3H3. The highest BCUT2D eigenvalue weighted by molar-refractivity contribution is 5.95. The second-order valence-electron chi connectivity index (χ2n) is 4.02. The van der Waals surface area contributed by atoms with Crippen molar-refractivity contribution in [2.45, 2.75) is 13.8 Å². The molecule has 0 fully saturated rings. The van der Waals surface area contributed by atoms with Crippen LogP contribution < -0.4 is 5.73 Å². The van der Waals surface area contributed by atoms with Crippen molar-refractivity contribution in [3.8, 4) is 0 Å². The van der Waals surface area contributed by atoms with Crippen LogP contribution in [0.1, 0.15) is 24.2 Å². The number of amides is 1. The summed E-state index contributed by atoms with van der Waals surface area (Å²) in [6, 6.07) is 4.08. The van der Waals surface area contributed by atoms with E-state index < -0.39 is 5.82 Å². The van der Waals surface area contributed by atoms with Gasteiger partial charge in [0.15, 0.2) is 0 Å². The van der Waals surface area contributed by atoms with Gasteiger partial charge in [-0.1, -0.05) is 12.2 Å². The summed E-state index contributed by atoms with van der Waals surface area (Å²) in [4.78, 5) is 13.6. The van der Waals surface area contributed by atoms with Gasteiger partial charge in [-0.25, -0.2) is 4.39 Å². The van der Waals surface area contributed by atoms with Crippen LogP contribution in [-0.4, -0.2) is 23.9 Å². The number of benzene rings is 1. The Morgan fingerprint density at radius 3 is 2.65 bits per heavy atom. The highest BCUT2D eigenvalue weighted by Gasteiger charge is 2.17. The van der Waals surface area contributed by atoms with Crippen molar-refractivity contribution in [1.82, 2.24) is 4.90 Å². The quantitative estimate of drug-likeness (QED) is 0.644. The van der Waals surface area contributed by atoms with Crippen LogP contribution in [0.2, 0.25) is 0 Å². The van der Waals surface area contributed by atoms with Gasteiger partial charge in [0.05, 0.1) is 5.56 Å². The third-order valence-electron chi connectivity index (χ3n) is 2.35. The SMILES string of the molecule is C=C(C)CN(CC)C(=O)c1ccc(N)cc1F. The summed E-state index contributed by atoms with van der Waals surface area (Å²) >= 11 is 0. The van der Waals surface area contributed by atoms with E-state index in [0.29, 0.717) is 18.8 Å². The fraction of sp³-hybridized carbons (Fsp3) is 0.308. The fourth-order valence-corrected chi connectivity index (χ4v) is 1.53. The Hall–Kier alpha value is -1.84. The number of nitrogens with two attached hydrogens (primary N) is 1. The molecule has 3 nitrogen and oxygen atoms in total. The van der Waals surface area contributed by atoms with Crippen LogP contribution in [-0.2, 0) is 0 Å². The molecule has 0 bridgehead atoms. The molecule has 0 spiro atoms. The first-order valence-corrected chi connectivity index (χ1v) is 5.44. The van der Waals surface area contributed by atoms with E-state index in [4.69, 9.17) is 5.73 Å². The average Bonchev–Trinajstić information content (AvgIpc) is 2.24. The molecule has 0 aliphatic carbocycles. The molecule has 1 rings (SSSR count). The predicted octanol–water partition coefficient (Wildman–Crippen LogP) is 2.45. The maximum atomic E-state index is 13.6. The van der Waals surface area contributed by atoms with Gasteiger partial charge in [-0.3, -0.25) is 4.79 Å². The van der Waals surface area contributed by atoms with Crippen molar-refractivity contribution in [3.63, 3.8) is 0 Å². The molecule has 1 aromatic rings. The Kier molecular flexibility index (Phi) is 4.26. The van der Waals surface area contributed by atoms with Crippen LogP contribution >= 0.6 is 0 Å². The first-order chi connectivity index (χ1) is 7.95. The van der Waals surface area contributed by atoms with Crippen LogP contribution in [0.3, 0.4) is 0 Å². The predicted molar refractivity (Wildman–Crippen MR) is 67.2 cm³/mol. The number of nitrogens with zero attached hydrogens (tertiary/aromatic N) is 1. The normalized spacial score (nSPS) is 10.1. The number of anilines is 1. The molecule has 0 aliphatic heterocycles. The number of hydrogen-bond donors (Lipinski definition) is 1. The molecule has 17 heavy (non-hydrogen) atoms. The van der Waals surface area contributed by atoms with Gasteiger partial charge in [-0.05, 0) is 32.0 Å². The second-order valence-corrected chi connectivity index (χ2v) is 4.02. The van der Waals surface area contributed by atoms with Gasteiger partial charge in [-0.2, -0.15) is 0 Å². The Balaban J connectivity index is 2.97. The van der Waals surface area contributed by atoms with Gasteiger partial charge < -0.3 is 10.6 Å². The lowest BCUT2D eigenvalue weighted by molar-refractivity contribution is 0.0773. The molecule has 0 unspecified atom stereocenters. The topological polar surface area (TPSA) is 46.3 Å². The molecule has 0 aromatic heterocycles. The number of hydrogen-bond acceptors (Lipinski definition) is 2. The number of nitrogen functional groups attached to an aromatic ring is 1. The molecule has 1 amide bonds. The van der Waals surface area contributed by atoms with Crippen molar-refractivity contribution in [2.24, 2.45) is 0 Å². The molecule has 2 N–H and O–H groups in total. The Labute approximate surface area is 101 Å². The van der Waals surface area contributed by atoms with Gasteiger partial charge in [0.25, 0.3) is 5.91 Å². The highest BCUT2D eigenvalue weighted by atomic mass is 19.1. The first kappa shape index (κ1) is 13.2. The average molecular weight is 236 g/mol. The molecular formula is C13H17FN2O. The summed E-state index contributed by atoms with van der Waals surface area (Å²) in [6.45, 7) is 8.36. The molecule has 0 radical (unpaired) electrons. The summed E-state index contributed by atoms with van der Waals surface area (Å²) in [5.74, 6) is -0.928. The number of halogens is 1. The minimum Gasteiger partial charge on any atom is -0.399 e. The van der Waals surface area contributed by atoms with Gasteiger partial charge in [0.2, 0.25) is 0 Å². The lowest BCUT2D eigenvalue weighted by Gasteiger charge is -2.21. The second kappa shape index (κ2) is 5.48. The third kappa shape index (κ3) is 3.31. The maximum Gasteiger partial charge on any atom is 0.257 e. The molecule has 0 aliphatic rings. The van der Waals surface area contributed by atoms with E-state index in [0.717, 1.165) is 11.6 Å². The number of rotatable bonds is 4. The molecular weight excluding hydrogens is 219 g/mol. The summed E-state index contributed by atoms with van der Waals surface area (Å²) in [7, 11) is 0. The summed E-state index contributed by atoms with van der Waals surface area (Å²) in [5.41, 5.74) is 6.65. The fourth-order valence-electron chi connectivity index (χ4n) is 1.53. The molecule has 4 heteroatoms. The third-order valence-corrected chi connectivity index (χ3v) is 2.35. The summed E-state index contributed by atoms with van der Waals surface area (Å²) in [6.07, 6.45) is 0. The number of carbonyl (C=O) groups is 1. The van der Waals surface area contributed by atoms with E-state index in [1.807, 2.05) is 13.8 Å². The summed E-state index contributed by atoms with van der Waals surface area (Å²) < 4.78 is 13.6. The van der Waals surface area contributed by atoms with E-state index in [1.165, 1.54) is 17.0 Å². The van der Waals surface area contributed by atoms with Crippen molar-refractivity contribution in [1.29, 1.82) is 0 Å². The van der Waals surface area contributed by atoms with Crippen molar-refractivity contribution in [3.05, 3.63) is 41.7 Å². The van der Waals surface area contributed by atoms with Crippen LogP contribution in [0.4, 0.5) is 10.1 Å². The van der Waals surface area contributed by atoms with Crippen LogP contribution in [0, 0.1) is 5.82 Å². The van der Waals surface area contributed by atoms with E-state index in [9.17, 15) is 9.18 Å². The largest absolute Gasteiger partial charge is 0.399 e. The van der Waals surface area contributed by atoms with E-state index in [2.05, 4.69) is 6.58 Å². The van der Waals surface area contributed by atoms with Crippen LogP contribution in [0.15, 0.2) is 30.4 Å². The highest BCUT2D eigenvalue weighted by Crippen LogP contribution is 2.14. The van der Waals surface area contributed by atoms with Crippen molar-refractivity contribution in [2.75, 3.05) is 18.8 Å². The zero-order valence-corrected chi connectivity index (χ0v) is 10.2. The minimum absolute atomic E-state index is 0.0438. The molecule has 1 aromatic carbocycles. The van der Waals surface area contributed by atoms with E-state index >= 15 is 0 Å². The number of likely N-dealkylation sites (N-methyl/N-ethyl adjacent to an activating group) is 1. The summed E-state index contributed by atoms with van der Waals surface area (Å²) in [5, 5.41) is 0. The van der Waals surface area contributed by atoms with Crippen molar-refractivity contribution >= 4 is 11.6 Å². The molecule has 0 atom stereocenters. The maximum absolute atomic E-state index is 13.6. The lowest BCUT2D eigenvalue weighted by atomic mass is 10.1. The lowest BCUT2D eigenvalue weighted by Crippen LogP contribution is -2.32. The van der Waals surface area contributed by atoms with Crippen LogP contribution in [0.25, 0.3) is 0 Å². The van der Waals surface area contributed by atoms with Gasteiger partial charge in [-0.15, -0.1) is 0 Å². The molecule has 0 saturated heterocycles.